The van der Waals surface area contributed by atoms with Gasteiger partial charge in [0.15, 0.2) is 0 Å². The number of carbonyl (C=O) groups is 3. The average Bonchev–Trinajstić information content (AvgIpc) is 3.23. The Bertz CT molecular complexity index is 802. The van der Waals surface area contributed by atoms with Crippen molar-refractivity contribution in [2.24, 2.45) is 0 Å². The van der Waals surface area contributed by atoms with Crippen molar-refractivity contribution in [3.63, 3.8) is 0 Å². The summed E-state index contributed by atoms with van der Waals surface area (Å²) in [5, 5.41) is 0. The number of hydrazine groups is 1. The van der Waals surface area contributed by atoms with Gasteiger partial charge in [-0.3, -0.25) is 29.8 Å². The summed E-state index contributed by atoms with van der Waals surface area (Å²) in [5.74, 6) is -1.53. The van der Waals surface area contributed by atoms with Crippen molar-refractivity contribution in [3.8, 4) is 5.69 Å². The Kier molecular flexibility index (Phi) is 4.73. The molecular weight excluding hydrogens is 329 g/mol. The molecule has 1 aromatic carbocycles. The lowest BCUT2D eigenvalue weighted by Crippen LogP contribution is -2.47. The molecule has 1 aliphatic heterocycles. The fourth-order valence-electron chi connectivity index (χ4n) is 2.55. The Morgan fingerprint density at radius 1 is 1.20 bits per heavy atom. The Morgan fingerprint density at radius 3 is 2.64 bits per heavy atom. The molecule has 2 N–H and O–H groups in total. The Morgan fingerprint density at radius 2 is 1.96 bits per heavy atom. The largest absolute Gasteiger partial charge is 0.333 e. The van der Waals surface area contributed by atoms with E-state index in [9.17, 15) is 18.8 Å². The van der Waals surface area contributed by atoms with Crippen LogP contribution in [0.15, 0.2) is 36.8 Å². The first-order chi connectivity index (χ1) is 12.0. The number of nitrogens with zero attached hydrogens (tertiary/aromatic N) is 3. The highest BCUT2D eigenvalue weighted by Crippen LogP contribution is 2.12. The van der Waals surface area contributed by atoms with Crippen molar-refractivity contribution in [1.82, 2.24) is 25.3 Å². The molecule has 1 aliphatic rings. The van der Waals surface area contributed by atoms with E-state index in [1.807, 2.05) is 0 Å². The van der Waals surface area contributed by atoms with Crippen LogP contribution in [-0.2, 0) is 9.59 Å². The van der Waals surface area contributed by atoms with Gasteiger partial charge in [0.25, 0.3) is 11.8 Å². The molecule has 1 fully saturated rings. The molecule has 1 aromatic heterocycles. The fourth-order valence-corrected chi connectivity index (χ4v) is 2.55. The van der Waals surface area contributed by atoms with E-state index in [2.05, 4.69) is 15.8 Å². The molecule has 2 heterocycles. The normalized spacial score (nSPS) is 13.8. The van der Waals surface area contributed by atoms with Crippen molar-refractivity contribution in [3.05, 3.63) is 48.3 Å². The van der Waals surface area contributed by atoms with E-state index in [4.69, 9.17) is 0 Å². The second kappa shape index (κ2) is 7.12. The van der Waals surface area contributed by atoms with E-state index in [0.29, 0.717) is 18.7 Å². The SMILES string of the molecule is O=C(CN1CCCC1=O)NNC(=O)c1cncn1-c1ccc(F)cc1. The van der Waals surface area contributed by atoms with Crippen LogP contribution in [0.1, 0.15) is 23.3 Å². The average molecular weight is 345 g/mol. The second-order valence-electron chi connectivity index (χ2n) is 5.55. The molecule has 3 amide bonds. The standard InChI is InChI=1S/C16H16FN5O3/c17-11-3-5-12(6-4-11)22-10-18-8-13(22)16(25)20-19-14(23)9-21-7-1-2-15(21)24/h3-6,8,10H,1-2,7,9H2,(H,19,23)(H,20,25). The van der Waals surface area contributed by atoms with Crippen molar-refractivity contribution in [1.29, 1.82) is 0 Å². The third-order valence-corrected chi connectivity index (χ3v) is 3.80. The van der Waals surface area contributed by atoms with E-state index in [-0.39, 0.29) is 18.1 Å². The minimum absolute atomic E-state index is 0.0733. The number of carbonyl (C=O) groups excluding carboxylic acids is 3. The van der Waals surface area contributed by atoms with E-state index < -0.39 is 17.6 Å². The predicted octanol–water partition coefficient (Wildman–Crippen LogP) is 0.395. The fraction of sp³-hybridized carbons (Fsp3) is 0.250. The molecule has 0 radical (unpaired) electrons. The van der Waals surface area contributed by atoms with E-state index in [0.717, 1.165) is 6.42 Å². The summed E-state index contributed by atoms with van der Waals surface area (Å²) in [6.07, 6.45) is 3.91. The van der Waals surface area contributed by atoms with Crippen molar-refractivity contribution < 1.29 is 18.8 Å². The van der Waals surface area contributed by atoms with Crippen LogP contribution in [0.2, 0.25) is 0 Å². The second-order valence-corrected chi connectivity index (χ2v) is 5.55. The molecule has 0 saturated carbocycles. The van der Waals surface area contributed by atoms with Gasteiger partial charge in [0.05, 0.1) is 12.5 Å². The van der Waals surface area contributed by atoms with Crippen LogP contribution in [0, 0.1) is 5.82 Å². The molecule has 3 rings (SSSR count). The highest BCUT2D eigenvalue weighted by molar-refractivity contribution is 5.95. The van der Waals surface area contributed by atoms with Gasteiger partial charge in [-0.1, -0.05) is 0 Å². The number of nitrogens with one attached hydrogen (secondary N) is 2. The summed E-state index contributed by atoms with van der Waals surface area (Å²) < 4.78 is 14.5. The van der Waals surface area contributed by atoms with E-state index >= 15 is 0 Å². The van der Waals surface area contributed by atoms with Crippen LogP contribution in [-0.4, -0.2) is 45.3 Å². The quantitative estimate of drug-likeness (QED) is 0.784. The summed E-state index contributed by atoms with van der Waals surface area (Å²) in [6.45, 7) is 0.438. The molecule has 25 heavy (non-hydrogen) atoms. The Balaban J connectivity index is 1.60. The van der Waals surface area contributed by atoms with Gasteiger partial charge >= 0.3 is 0 Å². The topological polar surface area (TPSA) is 96.3 Å². The predicted molar refractivity (Wildman–Crippen MR) is 84.9 cm³/mol. The van der Waals surface area contributed by atoms with Gasteiger partial charge in [-0.2, -0.15) is 0 Å². The first-order valence-electron chi connectivity index (χ1n) is 7.70. The summed E-state index contributed by atoms with van der Waals surface area (Å²) in [6, 6.07) is 5.55. The van der Waals surface area contributed by atoms with Gasteiger partial charge in [0.2, 0.25) is 5.91 Å². The van der Waals surface area contributed by atoms with Gasteiger partial charge in [-0.15, -0.1) is 0 Å². The summed E-state index contributed by atoms with van der Waals surface area (Å²) in [5.41, 5.74) is 5.28. The minimum atomic E-state index is -0.581. The van der Waals surface area contributed by atoms with Crippen LogP contribution in [0.25, 0.3) is 5.69 Å². The van der Waals surface area contributed by atoms with Crippen LogP contribution in [0.4, 0.5) is 4.39 Å². The Labute approximate surface area is 142 Å². The van der Waals surface area contributed by atoms with Crippen molar-refractivity contribution >= 4 is 17.7 Å². The third kappa shape index (κ3) is 3.82. The smallest absolute Gasteiger partial charge is 0.288 e. The summed E-state index contributed by atoms with van der Waals surface area (Å²) in [4.78, 5) is 40.9. The number of hydrogen-bond acceptors (Lipinski definition) is 4. The number of amides is 3. The highest BCUT2D eigenvalue weighted by Gasteiger charge is 2.22. The molecule has 0 spiro atoms. The highest BCUT2D eigenvalue weighted by atomic mass is 19.1. The molecule has 0 bridgehead atoms. The van der Waals surface area contributed by atoms with Crippen molar-refractivity contribution in [2.45, 2.75) is 12.8 Å². The molecule has 130 valence electrons. The van der Waals surface area contributed by atoms with Gasteiger partial charge in [-0.05, 0) is 30.7 Å². The van der Waals surface area contributed by atoms with Gasteiger partial charge in [0, 0.05) is 18.7 Å². The van der Waals surface area contributed by atoms with Crippen LogP contribution in [0.5, 0.6) is 0 Å². The van der Waals surface area contributed by atoms with E-state index in [1.165, 1.54) is 46.3 Å². The lowest BCUT2D eigenvalue weighted by molar-refractivity contribution is -0.133. The molecular formula is C16H16FN5O3. The molecule has 0 atom stereocenters. The number of hydrogen-bond donors (Lipinski definition) is 2. The van der Waals surface area contributed by atoms with Gasteiger partial charge < -0.3 is 4.90 Å². The number of rotatable bonds is 4. The maximum atomic E-state index is 13.0. The summed E-state index contributed by atoms with van der Waals surface area (Å²) >= 11 is 0. The maximum Gasteiger partial charge on any atom is 0.288 e. The Hall–Kier alpha value is -3.23. The van der Waals surface area contributed by atoms with Gasteiger partial charge in [0.1, 0.15) is 18.1 Å². The monoisotopic (exact) mass is 345 g/mol. The lowest BCUT2D eigenvalue weighted by atomic mass is 10.3. The molecule has 9 heteroatoms. The third-order valence-electron chi connectivity index (χ3n) is 3.80. The number of likely N-dealkylation sites (tertiary alicyclic amines) is 1. The molecule has 1 saturated heterocycles. The number of imidazole rings is 1. The zero-order valence-corrected chi connectivity index (χ0v) is 13.2. The molecule has 0 unspecified atom stereocenters. The zero-order chi connectivity index (χ0) is 17.8. The molecule has 8 nitrogen and oxygen atoms in total. The summed E-state index contributed by atoms with van der Waals surface area (Å²) in [7, 11) is 0. The lowest BCUT2D eigenvalue weighted by Gasteiger charge is -2.15. The number of benzene rings is 1. The van der Waals surface area contributed by atoms with Crippen LogP contribution >= 0.6 is 0 Å². The van der Waals surface area contributed by atoms with Crippen LogP contribution < -0.4 is 10.9 Å². The number of aromatic nitrogens is 2. The van der Waals surface area contributed by atoms with Crippen LogP contribution in [0.3, 0.4) is 0 Å². The maximum absolute atomic E-state index is 13.0. The molecule has 0 aliphatic carbocycles. The van der Waals surface area contributed by atoms with E-state index in [1.54, 1.807) is 0 Å². The minimum Gasteiger partial charge on any atom is -0.333 e. The zero-order valence-electron chi connectivity index (χ0n) is 13.2. The molecule has 2 aromatic rings. The first-order valence-corrected chi connectivity index (χ1v) is 7.70. The first kappa shape index (κ1) is 16.6. The number of halogens is 1. The van der Waals surface area contributed by atoms with Crippen molar-refractivity contribution in [2.75, 3.05) is 13.1 Å². The van der Waals surface area contributed by atoms with Gasteiger partial charge in [-0.25, -0.2) is 9.37 Å².